The first-order chi connectivity index (χ1) is 15.6. The number of imidazole rings is 1. The molecule has 3 aromatic heterocycles. The van der Waals surface area contributed by atoms with Crippen molar-refractivity contribution in [2.24, 2.45) is 5.92 Å². The molecule has 4 heterocycles. The van der Waals surface area contributed by atoms with E-state index in [9.17, 15) is 4.79 Å². The van der Waals surface area contributed by atoms with Crippen LogP contribution in [0.1, 0.15) is 56.8 Å². The maximum atomic E-state index is 13.0. The Kier molecular flexibility index (Phi) is 5.83. The van der Waals surface area contributed by atoms with Crippen molar-refractivity contribution in [3.63, 3.8) is 0 Å². The number of H-pyrrole nitrogens is 1. The lowest BCUT2D eigenvalue weighted by atomic mass is 9.84. The van der Waals surface area contributed by atoms with Gasteiger partial charge in [0.1, 0.15) is 17.0 Å². The van der Waals surface area contributed by atoms with Crippen molar-refractivity contribution in [1.82, 2.24) is 29.7 Å². The standard InChI is InChI=1S/C24H31N7O/c1-30-12-8-17(9-13-30)28-22(32)14-21-29-20-15-27-24-19(7-11-26-24)23(20)31(21)18-4-2-16(3-5-18)6-10-25/h7,11,15-18H,2-6,8-9,12-14H2,1H3,(H,26,27)(H,28,32). The second-order valence-corrected chi connectivity index (χ2v) is 9.49. The maximum Gasteiger partial charge on any atom is 0.227 e. The number of pyridine rings is 1. The Morgan fingerprint density at radius 3 is 2.78 bits per heavy atom. The molecule has 2 N–H and O–H groups in total. The van der Waals surface area contributed by atoms with E-state index in [0.29, 0.717) is 18.4 Å². The molecule has 0 aromatic carbocycles. The van der Waals surface area contributed by atoms with E-state index in [4.69, 9.17) is 10.2 Å². The lowest BCUT2D eigenvalue weighted by Crippen LogP contribution is -2.44. The number of amides is 1. The Bertz CT molecular complexity index is 1140. The molecule has 168 valence electrons. The number of aromatic amines is 1. The molecule has 1 amide bonds. The van der Waals surface area contributed by atoms with Gasteiger partial charge in [0.25, 0.3) is 0 Å². The third-order valence-corrected chi connectivity index (χ3v) is 7.27. The Hall–Kier alpha value is -2.92. The van der Waals surface area contributed by atoms with Crippen LogP contribution in [-0.2, 0) is 11.2 Å². The zero-order valence-corrected chi connectivity index (χ0v) is 18.7. The summed E-state index contributed by atoms with van der Waals surface area (Å²) in [6, 6.07) is 4.92. The molecule has 8 nitrogen and oxygen atoms in total. The van der Waals surface area contributed by atoms with Crippen molar-refractivity contribution in [3.05, 3.63) is 24.3 Å². The van der Waals surface area contributed by atoms with Crippen molar-refractivity contribution in [1.29, 1.82) is 5.26 Å². The molecular weight excluding hydrogens is 402 g/mol. The largest absolute Gasteiger partial charge is 0.353 e. The molecule has 0 radical (unpaired) electrons. The highest BCUT2D eigenvalue weighted by atomic mass is 16.1. The second-order valence-electron chi connectivity index (χ2n) is 9.49. The average Bonchev–Trinajstić information content (AvgIpc) is 3.40. The number of likely N-dealkylation sites (tertiary alicyclic amines) is 1. The van der Waals surface area contributed by atoms with Gasteiger partial charge in [-0.2, -0.15) is 5.26 Å². The van der Waals surface area contributed by atoms with Crippen LogP contribution in [0.3, 0.4) is 0 Å². The van der Waals surface area contributed by atoms with Gasteiger partial charge in [-0.3, -0.25) is 4.79 Å². The molecule has 1 aliphatic carbocycles. The molecule has 5 rings (SSSR count). The predicted octanol–water partition coefficient (Wildman–Crippen LogP) is 3.31. The van der Waals surface area contributed by atoms with Crippen molar-refractivity contribution in [3.8, 4) is 6.07 Å². The first kappa shape index (κ1) is 21.0. The molecule has 1 aliphatic heterocycles. The summed E-state index contributed by atoms with van der Waals surface area (Å²) >= 11 is 0. The van der Waals surface area contributed by atoms with Crippen molar-refractivity contribution >= 4 is 28.0 Å². The van der Waals surface area contributed by atoms with Crippen LogP contribution in [0, 0.1) is 17.2 Å². The molecule has 8 heteroatoms. The number of rotatable bonds is 5. The minimum Gasteiger partial charge on any atom is -0.353 e. The van der Waals surface area contributed by atoms with Gasteiger partial charge in [-0.05, 0) is 70.6 Å². The number of carbonyl (C=O) groups is 1. The topological polar surface area (TPSA) is 103 Å². The molecule has 0 atom stereocenters. The summed E-state index contributed by atoms with van der Waals surface area (Å²) in [5, 5.41) is 13.4. The van der Waals surface area contributed by atoms with Crippen LogP contribution in [0.15, 0.2) is 18.5 Å². The average molecular weight is 434 g/mol. The fraction of sp³-hybridized carbons (Fsp3) is 0.583. The van der Waals surface area contributed by atoms with Gasteiger partial charge in [0.15, 0.2) is 0 Å². The van der Waals surface area contributed by atoms with Gasteiger partial charge < -0.3 is 19.8 Å². The van der Waals surface area contributed by atoms with Gasteiger partial charge in [-0.1, -0.05) is 0 Å². The summed E-state index contributed by atoms with van der Waals surface area (Å²) < 4.78 is 2.31. The number of fused-ring (bicyclic) bond motifs is 3. The summed E-state index contributed by atoms with van der Waals surface area (Å²) in [6.07, 6.45) is 10.7. The number of nitrogens with one attached hydrogen (secondary N) is 2. The molecule has 2 fully saturated rings. The highest BCUT2D eigenvalue weighted by Crippen LogP contribution is 2.38. The first-order valence-electron chi connectivity index (χ1n) is 11.8. The van der Waals surface area contributed by atoms with Gasteiger partial charge in [0.05, 0.1) is 24.2 Å². The number of carbonyl (C=O) groups excluding carboxylic acids is 1. The fourth-order valence-corrected chi connectivity index (χ4v) is 5.47. The van der Waals surface area contributed by atoms with E-state index in [1.165, 1.54) is 0 Å². The first-order valence-corrected chi connectivity index (χ1v) is 11.8. The van der Waals surface area contributed by atoms with Crippen LogP contribution in [0.2, 0.25) is 0 Å². The van der Waals surface area contributed by atoms with E-state index in [0.717, 1.165) is 79.5 Å². The van der Waals surface area contributed by atoms with E-state index in [1.807, 2.05) is 18.5 Å². The van der Waals surface area contributed by atoms with Crippen LogP contribution in [0.5, 0.6) is 0 Å². The number of hydrogen-bond acceptors (Lipinski definition) is 5. The van der Waals surface area contributed by atoms with E-state index in [1.54, 1.807) is 0 Å². The van der Waals surface area contributed by atoms with E-state index < -0.39 is 0 Å². The fourth-order valence-electron chi connectivity index (χ4n) is 5.47. The third kappa shape index (κ3) is 4.09. The maximum absolute atomic E-state index is 13.0. The molecular formula is C24H31N7O. The minimum atomic E-state index is 0.0487. The number of aromatic nitrogens is 4. The highest BCUT2D eigenvalue weighted by Gasteiger charge is 2.28. The lowest BCUT2D eigenvalue weighted by Gasteiger charge is -2.30. The van der Waals surface area contributed by atoms with Crippen LogP contribution in [-0.4, -0.2) is 56.5 Å². The quantitative estimate of drug-likeness (QED) is 0.643. The van der Waals surface area contributed by atoms with Crippen LogP contribution >= 0.6 is 0 Å². The van der Waals surface area contributed by atoms with Gasteiger partial charge in [-0.15, -0.1) is 0 Å². The van der Waals surface area contributed by atoms with Crippen LogP contribution < -0.4 is 5.32 Å². The molecule has 1 saturated heterocycles. The summed E-state index contributed by atoms with van der Waals surface area (Å²) in [5.41, 5.74) is 2.76. The van der Waals surface area contributed by atoms with E-state index in [2.05, 4.69) is 37.9 Å². The molecule has 2 aliphatic rings. The highest BCUT2D eigenvalue weighted by molar-refractivity contribution is 6.01. The third-order valence-electron chi connectivity index (χ3n) is 7.27. The number of nitrogens with zero attached hydrogens (tertiary/aromatic N) is 5. The van der Waals surface area contributed by atoms with E-state index >= 15 is 0 Å². The van der Waals surface area contributed by atoms with Crippen molar-refractivity contribution in [2.45, 2.75) is 63.5 Å². The Morgan fingerprint density at radius 1 is 1.25 bits per heavy atom. The lowest BCUT2D eigenvalue weighted by molar-refractivity contribution is -0.121. The summed E-state index contributed by atoms with van der Waals surface area (Å²) in [7, 11) is 2.13. The van der Waals surface area contributed by atoms with E-state index in [-0.39, 0.29) is 18.4 Å². The molecule has 3 aromatic rings. The normalized spacial score (nSPS) is 22.9. The molecule has 32 heavy (non-hydrogen) atoms. The molecule has 0 bridgehead atoms. The number of nitriles is 1. The van der Waals surface area contributed by atoms with Crippen molar-refractivity contribution < 1.29 is 4.79 Å². The van der Waals surface area contributed by atoms with Crippen LogP contribution in [0.25, 0.3) is 22.1 Å². The monoisotopic (exact) mass is 433 g/mol. The molecule has 1 saturated carbocycles. The zero-order valence-electron chi connectivity index (χ0n) is 18.7. The molecule has 0 spiro atoms. The zero-order chi connectivity index (χ0) is 22.1. The smallest absolute Gasteiger partial charge is 0.227 e. The number of piperidine rings is 1. The van der Waals surface area contributed by atoms with Gasteiger partial charge in [0, 0.05) is 30.1 Å². The van der Waals surface area contributed by atoms with Gasteiger partial charge in [0.2, 0.25) is 5.91 Å². The Labute approximate surface area is 188 Å². The Morgan fingerprint density at radius 2 is 2.03 bits per heavy atom. The number of hydrogen-bond donors (Lipinski definition) is 2. The summed E-state index contributed by atoms with van der Waals surface area (Å²) in [5.74, 6) is 1.35. The SMILES string of the molecule is CN1CCC(NC(=O)Cc2nc3cnc4[nH]ccc4c3n2C2CCC(CC#N)CC2)CC1. The molecule has 0 unspecified atom stereocenters. The van der Waals surface area contributed by atoms with Crippen LogP contribution in [0.4, 0.5) is 0 Å². The van der Waals surface area contributed by atoms with Gasteiger partial charge >= 0.3 is 0 Å². The summed E-state index contributed by atoms with van der Waals surface area (Å²) in [6.45, 7) is 2.04. The minimum absolute atomic E-state index is 0.0487. The Balaban J connectivity index is 1.43. The summed E-state index contributed by atoms with van der Waals surface area (Å²) in [4.78, 5) is 27.9. The predicted molar refractivity (Wildman–Crippen MR) is 123 cm³/mol. The van der Waals surface area contributed by atoms with Gasteiger partial charge in [-0.25, -0.2) is 9.97 Å². The second kappa shape index (κ2) is 8.91. The van der Waals surface area contributed by atoms with Crippen molar-refractivity contribution in [2.75, 3.05) is 20.1 Å².